The Hall–Kier alpha value is -2.90. The van der Waals surface area contributed by atoms with E-state index in [4.69, 9.17) is 4.98 Å². The summed E-state index contributed by atoms with van der Waals surface area (Å²) in [7, 11) is 0. The predicted molar refractivity (Wildman–Crippen MR) is 115 cm³/mol. The van der Waals surface area contributed by atoms with Gasteiger partial charge < -0.3 is 0 Å². The quantitative estimate of drug-likeness (QED) is 0.461. The number of nitrogens with zero attached hydrogens (tertiary/aromatic N) is 3. The van der Waals surface area contributed by atoms with Crippen molar-refractivity contribution in [2.24, 2.45) is 0 Å². The van der Waals surface area contributed by atoms with Gasteiger partial charge in [-0.2, -0.15) is 0 Å². The average molecular weight is 407 g/mol. The molecule has 2 aromatic carbocycles. The van der Waals surface area contributed by atoms with E-state index in [9.17, 15) is 4.79 Å². The maximum absolute atomic E-state index is 13.0. The minimum absolute atomic E-state index is 0.218. The Kier molecular flexibility index (Phi) is 5.27. The minimum Gasteiger partial charge on any atom is -0.296 e. The largest absolute Gasteiger partial charge is 0.296 e. The highest BCUT2D eigenvalue weighted by Gasteiger charge is 2.21. The summed E-state index contributed by atoms with van der Waals surface area (Å²) in [4.78, 5) is 18.4. The van der Waals surface area contributed by atoms with Crippen LogP contribution in [-0.2, 0) is 0 Å². The van der Waals surface area contributed by atoms with Gasteiger partial charge in [0.2, 0.25) is 5.13 Å². The molecule has 140 valence electrons. The van der Waals surface area contributed by atoms with E-state index < -0.39 is 0 Å². The number of benzene rings is 2. The van der Waals surface area contributed by atoms with E-state index >= 15 is 0 Å². The summed E-state index contributed by atoms with van der Waals surface area (Å²) in [5, 5.41) is 13.3. The summed E-state index contributed by atoms with van der Waals surface area (Å²) in [5.41, 5.74) is 2.57. The molecule has 2 aromatic heterocycles. The van der Waals surface area contributed by atoms with Crippen LogP contribution in [0.4, 0.5) is 5.13 Å². The summed E-state index contributed by atoms with van der Waals surface area (Å²) in [6.45, 7) is 4.10. The van der Waals surface area contributed by atoms with Crippen LogP contribution in [-0.4, -0.2) is 21.1 Å². The second-order valence-electron chi connectivity index (χ2n) is 6.48. The Labute approximate surface area is 171 Å². The highest BCUT2D eigenvalue weighted by Crippen LogP contribution is 2.34. The Bertz CT molecular complexity index is 1090. The van der Waals surface area contributed by atoms with Crippen molar-refractivity contribution < 1.29 is 4.79 Å². The Morgan fingerprint density at radius 1 is 0.893 bits per heavy atom. The smallest absolute Gasteiger partial charge is 0.269 e. The third kappa shape index (κ3) is 3.85. The van der Waals surface area contributed by atoms with Crippen LogP contribution in [0.5, 0.6) is 0 Å². The van der Waals surface area contributed by atoms with Crippen molar-refractivity contribution in [2.45, 2.75) is 19.8 Å². The van der Waals surface area contributed by atoms with Gasteiger partial charge >= 0.3 is 0 Å². The number of aromatic nitrogens is 3. The zero-order chi connectivity index (χ0) is 19.5. The van der Waals surface area contributed by atoms with Crippen molar-refractivity contribution in [3.63, 3.8) is 0 Å². The molecule has 2 heterocycles. The van der Waals surface area contributed by atoms with Crippen LogP contribution in [0.1, 0.15) is 34.4 Å². The molecule has 4 aromatic rings. The first-order valence-corrected chi connectivity index (χ1v) is 10.5. The second-order valence-corrected chi connectivity index (χ2v) is 8.49. The molecule has 0 aliphatic rings. The third-order valence-electron chi connectivity index (χ3n) is 4.06. The van der Waals surface area contributed by atoms with Gasteiger partial charge in [0.05, 0.1) is 5.69 Å². The number of thiazole rings is 1. The van der Waals surface area contributed by atoms with Gasteiger partial charge in [0.1, 0.15) is 14.9 Å². The van der Waals surface area contributed by atoms with Crippen molar-refractivity contribution in [3.8, 4) is 21.8 Å². The fourth-order valence-electron chi connectivity index (χ4n) is 2.64. The molecular weight excluding hydrogens is 388 g/mol. The van der Waals surface area contributed by atoms with Gasteiger partial charge in [-0.15, -0.1) is 21.5 Å². The van der Waals surface area contributed by atoms with Crippen LogP contribution in [0.25, 0.3) is 21.8 Å². The molecular formula is C21H18N4OS2. The van der Waals surface area contributed by atoms with Gasteiger partial charge in [-0.05, 0) is 0 Å². The highest BCUT2D eigenvalue weighted by molar-refractivity contribution is 7.18. The van der Waals surface area contributed by atoms with Crippen molar-refractivity contribution in [2.75, 3.05) is 5.32 Å². The first-order chi connectivity index (χ1) is 13.6. The van der Waals surface area contributed by atoms with Crippen LogP contribution in [0.3, 0.4) is 0 Å². The maximum atomic E-state index is 13.0. The zero-order valence-electron chi connectivity index (χ0n) is 15.4. The molecule has 0 aliphatic carbocycles. The Morgan fingerprint density at radius 2 is 1.54 bits per heavy atom. The molecule has 7 heteroatoms. The van der Waals surface area contributed by atoms with Crippen LogP contribution >= 0.6 is 22.7 Å². The van der Waals surface area contributed by atoms with Gasteiger partial charge in [0, 0.05) is 17.0 Å². The van der Waals surface area contributed by atoms with Gasteiger partial charge in [-0.3, -0.25) is 10.1 Å². The van der Waals surface area contributed by atoms with Crippen molar-refractivity contribution in [3.05, 3.63) is 70.5 Å². The van der Waals surface area contributed by atoms with Crippen LogP contribution < -0.4 is 5.32 Å². The number of hydrogen-bond donors (Lipinski definition) is 1. The Balaban J connectivity index is 1.71. The Morgan fingerprint density at radius 3 is 2.14 bits per heavy atom. The van der Waals surface area contributed by atoms with Gasteiger partial charge in [0.15, 0.2) is 0 Å². The zero-order valence-corrected chi connectivity index (χ0v) is 17.1. The lowest BCUT2D eigenvalue weighted by Gasteiger charge is -2.02. The van der Waals surface area contributed by atoms with Crippen molar-refractivity contribution in [1.82, 2.24) is 15.2 Å². The molecule has 0 radical (unpaired) electrons. The standard InChI is InChI=1S/C21H18N4OS2/c1-13(2)19-24-25-21(28-19)23-18(26)17-16(14-9-5-3-6-10-14)22-20(27-17)15-11-7-4-8-12-15/h3-13H,1-2H3,(H,23,25,26). The number of nitrogens with one attached hydrogen (secondary N) is 1. The predicted octanol–water partition coefficient (Wildman–Crippen LogP) is 5.70. The molecule has 1 N–H and O–H groups in total. The second kappa shape index (κ2) is 8.00. The lowest BCUT2D eigenvalue weighted by Crippen LogP contribution is -2.11. The van der Waals surface area contributed by atoms with Gasteiger partial charge in [-0.1, -0.05) is 85.8 Å². The SMILES string of the molecule is CC(C)c1nnc(NC(=O)c2sc(-c3ccccc3)nc2-c2ccccc2)s1. The van der Waals surface area contributed by atoms with Gasteiger partial charge in [-0.25, -0.2) is 4.98 Å². The molecule has 0 unspecified atom stereocenters. The van der Waals surface area contributed by atoms with Gasteiger partial charge in [0.25, 0.3) is 5.91 Å². The summed E-state index contributed by atoms with van der Waals surface area (Å²) >= 11 is 2.78. The summed E-state index contributed by atoms with van der Waals surface area (Å²) in [6, 6.07) is 19.6. The molecule has 5 nitrogen and oxygen atoms in total. The lowest BCUT2D eigenvalue weighted by atomic mass is 10.1. The van der Waals surface area contributed by atoms with Crippen molar-refractivity contribution >= 4 is 33.7 Å². The van der Waals surface area contributed by atoms with E-state index in [2.05, 4.69) is 29.4 Å². The molecule has 4 rings (SSSR count). The summed E-state index contributed by atoms with van der Waals surface area (Å²) < 4.78 is 0. The van der Waals surface area contributed by atoms with E-state index in [1.165, 1.54) is 22.7 Å². The van der Waals surface area contributed by atoms with E-state index in [1.54, 1.807) is 0 Å². The number of rotatable bonds is 5. The fraction of sp³-hybridized carbons (Fsp3) is 0.143. The van der Waals surface area contributed by atoms with Crippen molar-refractivity contribution in [1.29, 1.82) is 0 Å². The van der Waals surface area contributed by atoms with E-state index in [-0.39, 0.29) is 11.8 Å². The molecule has 28 heavy (non-hydrogen) atoms. The number of hydrogen-bond acceptors (Lipinski definition) is 6. The van der Waals surface area contributed by atoms with Crippen LogP contribution in [0.2, 0.25) is 0 Å². The first kappa shape index (κ1) is 18.5. The number of carbonyl (C=O) groups is 1. The molecule has 0 saturated carbocycles. The fourth-order valence-corrected chi connectivity index (χ4v) is 4.37. The minimum atomic E-state index is -0.218. The maximum Gasteiger partial charge on any atom is 0.269 e. The topological polar surface area (TPSA) is 67.8 Å². The third-order valence-corrected chi connectivity index (χ3v) is 6.30. The normalized spacial score (nSPS) is 11.0. The first-order valence-electron chi connectivity index (χ1n) is 8.88. The average Bonchev–Trinajstić information content (AvgIpc) is 3.37. The molecule has 0 aliphatic heterocycles. The number of amides is 1. The molecule has 0 spiro atoms. The van der Waals surface area contributed by atoms with Crippen LogP contribution in [0.15, 0.2) is 60.7 Å². The van der Waals surface area contributed by atoms with E-state index in [1.807, 2.05) is 60.7 Å². The highest BCUT2D eigenvalue weighted by atomic mass is 32.1. The number of carbonyl (C=O) groups excluding carboxylic acids is 1. The monoisotopic (exact) mass is 406 g/mol. The number of anilines is 1. The van der Waals surface area contributed by atoms with Crippen LogP contribution in [0, 0.1) is 0 Å². The molecule has 0 fully saturated rings. The lowest BCUT2D eigenvalue weighted by molar-refractivity contribution is 0.103. The summed E-state index contributed by atoms with van der Waals surface area (Å²) in [6.07, 6.45) is 0. The van der Waals surface area contributed by atoms with E-state index in [0.717, 1.165) is 21.1 Å². The summed E-state index contributed by atoms with van der Waals surface area (Å²) in [5.74, 6) is 0.0566. The molecule has 1 amide bonds. The molecule has 0 saturated heterocycles. The van der Waals surface area contributed by atoms with E-state index in [0.29, 0.717) is 15.7 Å². The molecule has 0 bridgehead atoms. The molecule has 0 atom stereocenters.